The van der Waals surface area contributed by atoms with Crippen LogP contribution in [0.1, 0.15) is 11.0 Å². The maximum atomic E-state index is 9.45. The molecular formula is C57H36N4S. The summed E-state index contributed by atoms with van der Waals surface area (Å²) in [5.74, 6) is 1.00. The van der Waals surface area contributed by atoms with Crippen LogP contribution in [0.25, 0.3) is 115 Å². The Balaban J connectivity index is 1.18. The van der Waals surface area contributed by atoms with E-state index in [1.807, 2.05) is 121 Å². The number of para-hydroxylation sites is 2. The molecular weight excluding hydrogens is 773 g/mol. The minimum absolute atomic E-state index is 0.00805. The highest BCUT2D eigenvalue weighted by Crippen LogP contribution is 2.43. The lowest BCUT2D eigenvalue weighted by Crippen LogP contribution is -2.04. The molecule has 0 unspecified atom stereocenters. The quantitative estimate of drug-likeness (QED) is 0.161. The average Bonchev–Trinajstić information content (AvgIpc) is 3.98. The van der Waals surface area contributed by atoms with Gasteiger partial charge >= 0.3 is 0 Å². The van der Waals surface area contributed by atoms with Crippen molar-refractivity contribution in [2.24, 2.45) is 0 Å². The molecule has 0 fully saturated rings. The van der Waals surface area contributed by atoms with Gasteiger partial charge in [-0.3, -0.25) is 0 Å². The minimum Gasteiger partial charge on any atom is -0.308 e. The smallest absolute Gasteiger partial charge is 0.166 e. The van der Waals surface area contributed by atoms with E-state index < -0.39 is 48.3 Å². The zero-order valence-corrected chi connectivity index (χ0v) is 33.7. The van der Waals surface area contributed by atoms with Crippen molar-refractivity contribution in [3.63, 3.8) is 0 Å². The number of hydrogen-bond acceptors (Lipinski definition) is 4. The first-order valence-electron chi connectivity index (χ1n) is 24.2. The van der Waals surface area contributed by atoms with Crippen molar-refractivity contribution in [3.05, 3.63) is 218 Å². The molecule has 4 nitrogen and oxygen atoms in total. The van der Waals surface area contributed by atoms with Crippen molar-refractivity contribution in [3.8, 4) is 73.2 Å². The summed E-state index contributed by atoms with van der Waals surface area (Å²) in [7, 11) is 0. The summed E-state index contributed by atoms with van der Waals surface area (Å²) in [5.41, 5.74) is 7.99. The Labute approximate surface area is 374 Å². The van der Waals surface area contributed by atoms with Crippen LogP contribution in [-0.2, 0) is 0 Å². The molecule has 0 saturated heterocycles. The molecule has 0 atom stereocenters. The molecule has 0 saturated carbocycles. The van der Waals surface area contributed by atoms with Crippen LogP contribution in [0.3, 0.4) is 0 Å². The minimum atomic E-state index is -0.517. The molecule has 3 heterocycles. The summed E-state index contributed by atoms with van der Waals surface area (Å²) in [5, 5.41) is 2.14. The largest absolute Gasteiger partial charge is 0.308 e. The Kier molecular flexibility index (Phi) is 6.86. The third kappa shape index (κ3) is 6.18. The standard InChI is InChI=1S/C57H36N4S/c1-4-16-37(17-5-1)40-22-14-23-43(34-40)56-58-55(39-20-8-3-9-21-39)59-57(60-56)47-32-30-42(36-51(47)61-49-27-12-10-24-45(49)46-25-11-13-28-50(46)61)41-31-33-52-48(35-41)54-44(26-15-29-53(54)62-52)38-18-6-2-7-19-38/h1-36H/i10D,11D,12D,13D,24D,25D,27D,28D. The van der Waals surface area contributed by atoms with Gasteiger partial charge in [-0.2, -0.15) is 0 Å². The van der Waals surface area contributed by atoms with E-state index >= 15 is 0 Å². The molecule has 0 amide bonds. The van der Waals surface area contributed by atoms with Crippen molar-refractivity contribution in [1.82, 2.24) is 19.5 Å². The number of benzene rings is 9. The van der Waals surface area contributed by atoms with E-state index in [2.05, 4.69) is 48.5 Å². The number of hydrogen-bond donors (Lipinski definition) is 0. The summed E-state index contributed by atoms with van der Waals surface area (Å²) in [6.07, 6.45) is 0. The first-order valence-corrected chi connectivity index (χ1v) is 21.0. The molecule has 290 valence electrons. The number of fused-ring (bicyclic) bond motifs is 6. The Morgan fingerprint density at radius 2 is 0.919 bits per heavy atom. The number of thiophene rings is 1. The van der Waals surface area contributed by atoms with Gasteiger partial charge in [0.15, 0.2) is 17.5 Å². The van der Waals surface area contributed by atoms with Crippen LogP contribution in [0.15, 0.2) is 218 Å². The first kappa shape index (κ1) is 28.5. The van der Waals surface area contributed by atoms with Crippen molar-refractivity contribution >= 4 is 53.3 Å². The van der Waals surface area contributed by atoms with Crippen molar-refractivity contribution in [2.75, 3.05) is 0 Å². The molecule has 0 aliphatic heterocycles. The highest BCUT2D eigenvalue weighted by atomic mass is 32.1. The molecule has 0 bridgehead atoms. The van der Waals surface area contributed by atoms with Crippen LogP contribution < -0.4 is 0 Å². The zero-order chi connectivity index (χ0) is 47.9. The number of nitrogens with zero attached hydrogens (tertiary/aromatic N) is 4. The average molecular weight is 817 g/mol. The van der Waals surface area contributed by atoms with Crippen molar-refractivity contribution < 1.29 is 11.0 Å². The predicted octanol–water partition coefficient (Wildman–Crippen LogP) is 15.3. The molecule has 3 aromatic heterocycles. The molecule has 9 aromatic carbocycles. The SMILES string of the molecule is [2H]c1c([2H])c([2H])c2c(c1[2H])c1c([2H])c([2H])c([2H])c([2H])c1n2-c1cc(-c2ccc3sc4cccc(-c5ccccc5)c4c3c2)ccc1-c1nc(-c2ccccc2)nc(-c2cccc(-c3ccccc3)c2)n1. The first-order chi connectivity index (χ1) is 34.0. The van der Waals surface area contributed by atoms with Gasteiger partial charge < -0.3 is 4.57 Å². The van der Waals surface area contributed by atoms with Gasteiger partial charge in [0.1, 0.15) is 0 Å². The fourth-order valence-electron chi connectivity index (χ4n) is 8.42. The molecule has 0 aliphatic rings. The lowest BCUT2D eigenvalue weighted by atomic mass is 9.96. The molecule has 0 spiro atoms. The second-order valence-corrected chi connectivity index (χ2v) is 16.1. The van der Waals surface area contributed by atoms with Gasteiger partial charge in [0, 0.05) is 47.6 Å². The third-order valence-electron chi connectivity index (χ3n) is 11.3. The zero-order valence-electron chi connectivity index (χ0n) is 40.9. The Morgan fingerprint density at radius 3 is 1.65 bits per heavy atom. The van der Waals surface area contributed by atoms with Crippen molar-refractivity contribution in [1.29, 1.82) is 0 Å². The van der Waals surface area contributed by atoms with Crippen LogP contribution in [0.2, 0.25) is 0 Å². The maximum absolute atomic E-state index is 9.45. The van der Waals surface area contributed by atoms with Crippen LogP contribution in [0.4, 0.5) is 0 Å². The van der Waals surface area contributed by atoms with E-state index in [-0.39, 0.29) is 27.6 Å². The molecule has 12 rings (SSSR count). The summed E-state index contributed by atoms with van der Waals surface area (Å²) < 4.78 is 76.4. The van der Waals surface area contributed by atoms with E-state index in [0.717, 1.165) is 64.7 Å². The van der Waals surface area contributed by atoms with Crippen LogP contribution in [0, 0.1) is 0 Å². The summed E-state index contributed by atoms with van der Waals surface area (Å²) in [4.78, 5) is 15.3. The van der Waals surface area contributed by atoms with Gasteiger partial charge in [0.05, 0.1) is 27.7 Å². The molecule has 0 radical (unpaired) electrons. The van der Waals surface area contributed by atoms with Crippen LogP contribution in [-0.4, -0.2) is 19.5 Å². The topological polar surface area (TPSA) is 43.6 Å². The van der Waals surface area contributed by atoms with E-state index in [1.165, 1.54) is 0 Å². The molecule has 62 heavy (non-hydrogen) atoms. The molecule has 0 N–H and O–H groups in total. The highest BCUT2D eigenvalue weighted by molar-refractivity contribution is 7.26. The second-order valence-electron chi connectivity index (χ2n) is 15.0. The normalized spacial score (nSPS) is 13.4. The molecule has 5 heteroatoms. The Hall–Kier alpha value is -7.99. The van der Waals surface area contributed by atoms with Gasteiger partial charge in [-0.1, -0.05) is 170 Å². The van der Waals surface area contributed by atoms with E-state index in [0.29, 0.717) is 22.9 Å². The monoisotopic (exact) mass is 816 g/mol. The Morgan fingerprint density at radius 1 is 0.371 bits per heavy atom. The molecule has 12 aromatic rings. The van der Waals surface area contributed by atoms with Gasteiger partial charge in [-0.15, -0.1) is 11.3 Å². The predicted molar refractivity (Wildman–Crippen MR) is 260 cm³/mol. The second kappa shape index (κ2) is 14.9. The Bertz CT molecular complexity index is 4030. The highest BCUT2D eigenvalue weighted by Gasteiger charge is 2.21. The number of rotatable bonds is 7. The van der Waals surface area contributed by atoms with Gasteiger partial charge in [0.2, 0.25) is 0 Å². The summed E-state index contributed by atoms with van der Waals surface area (Å²) >= 11 is 1.72. The van der Waals surface area contributed by atoms with Gasteiger partial charge in [-0.25, -0.2) is 15.0 Å². The van der Waals surface area contributed by atoms with Gasteiger partial charge in [-0.05, 0) is 81.9 Å². The van der Waals surface area contributed by atoms with Gasteiger partial charge in [0.25, 0.3) is 0 Å². The molecule has 0 aliphatic carbocycles. The van der Waals surface area contributed by atoms with Crippen LogP contribution >= 0.6 is 11.3 Å². The van der Waals surface area contributed by atoms with Crippen molar-refractivity contribution in [2.45, 2.75) is 0 Å². The fourth-order valence-corrected chi connectivity index (χ4v) is 9.53. The van der Waals surface area contributed by atoms with E-state index in [4.69, 9.17) is 20.4 Å². The lowest BCUT2D eigenvalue weighted by Gasteiger charge is -2.16. The summed E-state index contributed by atoms with van der Waals surface area (Å²) in [6.45, 7) is 0. The summed E-state index contributed by atoms with van der Waals surface area (Å²) in [6, 6.07) is 52.6. The van der Waals surface area contributed by atoms with E-state index in [9.17, 15) is 5.48 Å². The fraction of sp³-hybridized carbons (Fsp3) is 0. The lowest BCUT2D eigenvalue weighted by molar-refractivity contribution is 1.06. The number of aromatic nitrogens is 4. The maximum Gasteiger partial charge on any atom is 0.166 e. The van der Waals surface area contributed by atoms with E-state index in [1.54, 1.807) is 15.9 Å². The van der Waals surface area contributed by atoms with Crippen LogP contribution in [0.5, 0.6) is 0 Å². The third-order valence-corrected chi connectivity index (χ3v) is 12.5.